The lowest BCUT2D eigenvalue weighted by atomic mass is 9.43. The van der Waals surface area contributed by atoms with Gasteiger partial charge in [0.1, 0.15) is 11.9 Å². The summed E-state index contributed by atoms with van der Waals surface area (Å²) in [5.74, 6) is 1.32. The van der Waals surface area contributed by atoms with Crippen LogP contribution in [0.3, 0.4) is 0 Å². The van der Waals surface area contributed by atoms with Gasteiger partial charge < -0.3 is 19.3 Å². The number of esters is 1. The largest absolute Gasteiger partial charge is 0.508 e. The minimum Gasteiger partial charge on any atom is -0.469 e. The second-order valence-electron chi connectivity index (χ2n) is 12.2. The van der Waals surface area contributed by atoms with Crippen molar-refractivity contribution in [1.82, 2.24) is 0 Å². The van der Waals surface area contributed by atoms with Gasteiger partial charge in [-0.2, -0.15) is 0 Å². The molecule has 0 radical (unpaired) electrons. The highest BCUT2D eigenvalue weighted by Crippen LogP contribution is 2.67. The summed E-state index contributed by atoms with van der Waals surface area (Å²) >= 11 is 0. The van der Waals surface area contributed by atoms with Gasteiger partial charge in [0, 0.05) is 18.3 Å². The molecule has 7 nitrogen and oxygen atoms in total. The molecule has 4 aliphatic carbocycles. The van der Waals surface area contributed by atoms with Crippen LogP contribution in [-0.2, 0) is 23.8 Å². The fourth-order valence-electron chi connectivity index (χ4n) is 8.89. The zero-order chi connectivity index (χ0) is 25.5. The molecule has 0 aromatic carbocycles. The highest BCUT2D eigenvalue weighted by atomic mass is 16.7. The van der Waals surface area contributed by atoms with E-state index in [0.29, 0.717) is 31.7 Å². The van der Waals surface area contributed by atoms with Crippen LogP contribution in [0.1, 0.15) is 85.5 Å². The molecule has 4 aliphatic rings. The summed E-state index contributed by atoms with van der Waals surface area (Å²) in [6.45, 7) is 8.68. The van der Waals surface area contributed by atoms with E-state index in [2.05, 4.69) is 20.8 Å². The van der Waals surface area contributed by atoms with Crippen LogP contribution >= 0.6 is 0 Å². The predicted molar refractivity (Wildman–Crippen MR) is 129 cm³/mol. The molecule has 0 saturated heterocycles. The number of fused-ring (bicyclic) bond motifs is 5. The minimum absolute atomic E-state index is 0.0377. The molecule has 0 heterocycles. The Morgan fingerprint density at radius 3 is 2.57 bits per heavy atom. The van der Waals surface area contributed by atoms with E-state index in [1.54, 1.807) is 6.92 Å². The maximum absolute atomic E-state index is 13.9. The molecule has 0 aromatic rings. The molecule has 0 bridgehead atoms. The van der Waals surface area contributed by atoms with Crippen LogP contribution in [0.25, 0.3) is 0 Å². The van der Waals surface area contributed by atoms with E-state index in [1.807, 2.05) is 0 Å². The summed E-state index contributed by atoms with van der Waals surface area (Å²) in [6.07, 6.45) is 5.40. The molecule has 0 unspecified atom stereocenters. The average Bonchev–Trinajstić information content (AvgIpc) is 3.17. The van der Waals surface area contributed by atoms with E-state index in [4.69, 9.17) is 14.2 Å². The van der Waals surface area contributed by atoms with Crippen LogP contribution in [-0.4, -0.2) is 48.9 Å². The van der Waals surface area contributed by atoms with Crippen LogP contribution < -0.4 is 0 Å². The highest BCUT2D eigenvalue weighted by molar-refractivity contribution is 5.87. The summed E-state index contributed by atoms with van der Waals surface area (Å²) in [7, 11) is 1.42. The van der Waals surface area contributed by atoms with Gasteiger partial charge in [0.15, 0.2) is 0 Å². The first-order chi connectivity index (χ1) is 16.6. The van der Waals surface area contributed by atoms with Gasteiger partial charge >= 0.3 is 12.1 Å². The molecule has 0 aromatic heterocycles. The Bertz CT molecular complexity index is 826. The molecule has 7 heteroatoms. The standard InChI is InChI=1S/C28H44O7/c1-6-34-26(32)35-18-11-12-27(3)17(13-18)14-22(29)25-20-9-8-19(16(2)7-10-24(31)33-5)28(20,4)23(30)15-21(25)27/h16-22,25,29H,6-15H2,1-5H3/t16-,17+,18-,19-,20+,21+,22-,25+,27+,28-/m1/s1. The molecule has 4 saturated carbocycles. The number of Topliss-reactive ketones (excluding diaryl/α,β-unsaturated/α-hetero) is 1. The summed E-state index contributed by atoms with van der Waals surface area (Å²) < 4.78 is 15.3. The summed E-state index contributed by atoms with van der Waals surface area (Å²) in [5.41, 5.74) is -0.477. The van der Waals surface area contributed by atoms with Gasteiger partial charge in [0.05, 0.1) is 19.8 Å². The van der Waals surface area contributed by atoms with Gasteiger partial charge in [-0.25, -0.2) is 4.79 Å². The van der Waals surface area contributed by atoms with Crippen LogP contribution in [0.5, 0.6) is 0 Å². The summed E-state index contributed by atoms with van der Waals surface area (Å²) in [5, 5.41) is 11.5. The molecule has 4 fully saturated rings. The van der Waals surface area contributed by atoms with Crippen molar-refractivity contribution in [1.29, 1.82) is 0 Å². The Morgan fingerprint density at radius 1 is 1.14 bits per heavy atom. The molecule has 10 atom stereocenters. The molecular formula is C28H44O7. The lowest BCUT2D eigenvalue weighted by Crippen LogP contribution is -2.61. The fourth-order valence-corrected chi connectivity index (χ4v) is 8.89. The van der Waals surface area contributed by atoms with Gasteiger partial charge in [-0.05, 0) is 92.8 Å². The van der Waals surface area contributed by atoms with Crippen LogP contribution in [0.2, 0.25) is 0 Å². The second kappa shape index (κ2) is 10.0. The third kappa shape index (κ3) is 4.51. The van der Waals surface area contributed by atoms with Crippen molar-refractivity contribution >= 4 is 17.9 Å². The van der Waals surface area contributed by atoms with Crippen molar-refractivity contribution in [3.63, 3.8) is 0 Å². The third-order valence-electron chi connectivity index (χ3n) is 10.8. The van der Waals surface area contributed by atoms with E-state index < -0.39 is 17.7 Å². The van der Waals surface area contributed by atoms with Crippen LogP contribution in [0, 0.1) is 46.3 Å². The SMILES string of the molecule is CCOC(=O)O[C@@H]1CC[C@@]2(C)[C@@H](C1)C[C@@H](O)[C@@H]1[C@@H]2CC(=O)[C@]2(C)[C@@H]([C@H](C)CCC(=O)OC)CC[C@@H]12. The second-order valence-corrected chi connectivity index (χ2v) is 12.2. The van der Waals surface area contributed by atoms with Crippen LogP contribution in [0.4, 0.5) is 4.79 Å². The van der Waals surface area contributed by atoms with E-state index in [0.717, 1.165) is 38.5 Å². The highest BCUT2D eigenvalue weighted by Gasteiger charge is 2.66. The molecule has 0 spiro atoms. The lowest BCUT2D eigenvalue weighted by Gasteiger charge is -2.61. The van der Waals surface area contributed by atoms with E-state index in [9.17, 15) is 19.5 Å². The van der Waals surface area contributed by atoms with Crippen molar-refractivity contribution in [2.45, 2.75) is 97.7 Å². The average molecular weight is 493 g/mol. The molecule has 0 amide bonds. The Kier molecular flexibility index (Phi) is 7.57. The normalized spacial score (nSPS) is 43.4. The number of methoxy groups -OCH3 is 1. The predicted octanol–water partition coefficient (Wildman–Crippen LogP) is 4.93. The van der Waals surface area contributed by atoms with Gasteiger partial charge in [0.25, 0.3) is 0 Å². The number of hydrogen-bond donors (Lipinski definition) is 1. The zero-order valence-electron chi connectivity index (χ0n) is 22.1. The van der Waals surface area contributed by atoms with Gasteiger partial charge in [-0.1, -0.05) is 20.8 Å². The molecular weight excluding hydrogens is 448 g/mol. The van der Waals surface area contributed by atoms with Crippen molar-refractivity contribution in [3.05, 3.63) is 0 Å². The summed E-state index contributed by atoms with van der Waals surface area (Å²) in [6, 6.07) is 0. The van der Waals surface area contributed by atoms with Gasteiger partial charge in [0.2, 0.25) is 0 Å². The van der Waals surface area contributed by atoms with Crippen molar-refractivity contribution in [3.8, 4) is 0 Å². The number of ketones is 1. The maximum atomic E-state index is 13.9. The monoisotopic (exact) mass is 492 g/mol. The topological polar surface area (TPSA) is 99.1 Å². The first kappa shape index (κ1) is 26.4. The third-order valence-corrected chi connectivity index (χ3v) is 10.8. The van der Waals surface area contributed by atoms with Gasteiger partial charge in [-0.3, -0.25) is 9.59 Å². The maximum Gasteiger partial charge on any atom is 0.508 e. The lowest BCUT2D eigenvalue weighted by molar-refractivity contribution is -0.182. The number of hydrogen-bond acceptors (Lipinski definition) is 7. The molecule has 1 N–H and O–H groups in total. The number of aliphatic hydroxyl groups excluding tert-OH is 1. The van der Waals surface area contributed by atoms with Crippen molar-refractivity contribution < 1.29 is 33.7 Å². The molecule has 0 aliphatic heterocycles. The van der Waals surface area contributed by atoms with E-state index in [1.165, 1.54) is 7.11 Å². The first-order valence-corrected chi connectivity index (χ1v) is 13.7. The van der Waals surface area contributed by atoms with Crippen molar-refractivity contribution in [2.75, 3.05) is 13.7 Å². The fraction of sp³-hybridized carbons (Fsp3) is 0.893. The number of rotatable bonds is 6. The van der Waals surface area contributed by atoms with E-state index in [-0.39, 0.29) is 53.0 Å². The Hall–Kier alpha value is -1.63. The summed E-state index contributed by atoms with van der Waals surface area (Å²) in [4.78, 5) is 37.5. The van der Waals surface area contributed by atoms with Crippen molar-refractivity contribution in [2.24, 2.45) is 46.3 Å². The van der Waals surface area contributed by atoms with E-state index >= 15 is 0 Å². The molecule has 35 heavy (non-hydrogen) atoms. The molecule has 198 valence electrons. The zero-order valence-corrected chi connectivity index (χ0v) is 22.1. The number of carbonyl (C=O) groups excluding carboxylic acids is 3. The Balaban J connectivity index is 1.51. The number of carbonyl (C=O) groups is 3. The molecule has 4 rings (SSSR count). The Labute approximate surface area is 209 Å². The number of ether oxygens (including phenoxy) is 3. The van der Waals surface area contributed by atoms with Crippen LogP contribution in [0.15, 0.2) is 0 Å². The number of aliphatic hydroxyl groups is 1. The van der Waals surface area contributed by atoms with Gasteiger partial charge in [-0.15, -0.1) is 0 Å². The quantitative estimate of drug-likeness (QED) is 0.525. The minimum atomic E-state index is -0.614. The Morgan fingerprint density at radius 2 is 1.89 bits per heavy atom. The smallest absolute Gasteiger partial charge is 0.469 e. The first-order valence-electron chi connectivity index (χ1n) is 13.7.